The summed E-state index contributed by atoms with van der Waals surface area (Å²) in [6.07, 6.45) is 5.86. The lowest BCUT2D eigenvalue weighted by Crippen LogP contribution is -2.43. The van der Waals surface area contributed by atoms with Crippen LogP contribution in [0, 0.1) is 0 Å². The monoisotopic (exact) mass is 508 g/mol. The number of nitrogens with two attached hydrogens (primary N) is 1. The van der Waals surface area contributed by atoms with E-state index in [0.29, 0.717) is 44.2 Å². The Morgan fingerprint density at radius 1 is 1.11 bits per heavy atom. The Balaban J connectivity index is 0.000000173. The van der Waals surface area contributed by atoms with E-state index in [1.54, 1.807) is 22.8 Å². The molecule has 2 aromatic heterocycles. The van der Waals surface area contributed by atoms with Gasteiger partial charge in [0.2, 0.25) is 5.91 Å². The highest BCUT2D eigenvalue weighted by Crippen LogP contribution is 2.27. The van der Waals surface area contributed by atoms with Crippen LogP contribution in [-0.2, 0) is 9.53 Å². The number of carbonyl (C=O) groups is 2. The van der Waals surface area contributed by atoms with Gasteiger partial charge in [0.15, 0.2) is 5.65 Å². The first-order chi connectivity index (χ1) is 18.0. The van der Waals surface area contributed by atoms with Crippen molar-refractivity contribution in [2.45, 2.75) is 44.1 Å². The summed E-state index contributed by atoms with van der Waals surface area (Å²) in [5.41, 5.74) is 7.86. The van der Waals surface area contributed by atoms with Crippen LogP contribution >= 0.6 is 0 Å². The van der Waals surface area contributed by atoms with Crippen molar-refractivity contribution in [2.75, 3.05) is 39.9 Å². The summed E-state index contributed by atoms with van der Waals surface area (Å²) in [6.45, 7) is 3.32. The molecule has 1 atom stereocenters. The van der Waals surface area contributed by atoms with Gasteiger partial charge < -0.3 is 20.3 Å². The van der Waals surface area contributed by atoms with Gasteiger partial charge in [-0.3, -0.25) is 14.3 Å². The highest BCUT2D eigenvalue weighted by atomic mass is 16.5. The van der Waals surface area contributed by atoms with Gasteiger partial charge in [0.05, 0.1) is 12.1 Å². The average molecular weight is 509 g/mol. The molecule has 0 radical (unpaired) electrons. The van der Waals surface area contributed by atoms with Gasteiger partial charge in [0.25, 0.3) is 0 Å². The van der Waals surface area contributed by atoms with E-state index in [2.05, 4.69) is 34.2 Å². The third-order valence-electron chi connectivity index (χ3n) is 7.20. The number of pyridine rings is 1. The number of rotatable bonds is 5. The van der Waals surface area contributed by atoms with Crippen LogP contribution in [-0.4, -0.2) is 76.2 Å². The SMILES string of the molecule is COCCN1CC(c2ccccc2)CCCC1=O.NC(=O)N1CCC(n2c(=O)[nH]c3ncccc32)CC1. The molecule has 4 heterocycles. The number of nitrogens with one attached hydrogen (secondary N) is 1. The van der Waals surface area contributed by atoms with Gasteiger partial charge in [-0.1, -0.05) is 30.3 Å². The molecule has 37 heavy (non-hydrogen) atoms. The Morgan fingerprint density at radius 3 is 2.57 bits per heavy atom. The smallest absolute Gasteiger partial charge is 0.327 e. The van der Waals surface area contributed by atoms with Gasteiger partial charge in [-0.05, 0) is 43.4 Å². The molecule has 0 saturated carbocycles. The molecule has 3 amide bonds. The molecule has 10 nitrogen and oxygen atoms in total. The van der Waals surface area contributed by atoms with E-state index in [1.165, 1.54) is 5.56 Å². The lowest BCUT2D eigenvalue weighted by atomic mass is 9.94. The number of H-pyrrole nitrogens is 1. The number of aromatic nitrogens is 3. The van der Waals surface area contributed by atoms with Crippen LogP contribution in [0.25, 0.3) is 11.2 Å². The number of nitrogens with zero attached hydrogens (tertiary/aromatic N) is 4. The Bertz CT molecular complexity index is 1230. The fourth-order valence-corrected chi connectivity index (χ4v) is 5.20. The van der Waals surface area contributed by atoms with E-state index < -0.39 is 6.03 Å². The zero-order chi connectivity index (χ0) is 26.2. The second-order valence-electron chi connectivity index (χ2n) is 9.56. The molecule has 198 valence electrons. The number of piperidine rings is 1. The summed E-state index contributed by atoms with van der Waals surface area (Å²) < 4.78 is 6.82. The van der Waals surface area contributed by atoms with Crippen molar-refractivity contribution in [3.8, 4) is 0 Å². The number of imidazole rings is 1. The number of likely N-dealkylation sites (tertiary alicyclic amines) is 2. The molecular weight excluding hydrogens is 472 g/mol. The van der Waals surface area contributed by atoms with Crippen LogP contribution < -0.4 is 11.4 Å². The number of methoxy groups -OCH3 is 1. The van der Waals surface area contributed by atoms with E-state index >= 15 is 0 Å². The number of hydrogen-bond acceptors (Lipinski definition) is 5. The number of fused-ring (bicyclic) bond motifs is 1. The molecule has 5 rings (SSSR count). The number of aromatic amines is 1. The van der Waals surface area contributed by atoms with Gasteiger partial charge in [-0.2, -0.15) is 0 Å². The largest absolute Gasteiger partial charge is 0.383 e. The van der Waals surface area contributed by atoms with E-state index in [1.807, 2.05) is 23.1 Å². The molecular formula is C27H36N6O4. The maximum Gasteiger partial charge on any atom is 0.327 e. The second-order valence-corrected chi connectivity index (χ2v) is 9.56. The fourth-order valence-electron chi connectivity index (χ4n) is 5.20. The third-order valence-corrected chi connectivity index (χ3v) is 7.20. The van der Waals surface area contributed by atoms with Crippen LogP contribution in [0.4, 0.5) is 4.79 Å². The quantitative estimate of drug-likeness (QED) is 0.548. The van der Waals surface area contributed by atoms with Crippen molar-refractivity contribution in [1.29, 1.82) is 0 Å². The first-order valence-electron chi connectivity index (χ1n) is 12.9. The molecule has 2 aliphatic heterocycles. The second kappa shape index (κ2) is 12.5. The summed E-state index contributed by atoms with van der Waals surface area (Å²) in [5.74, 6) is 0.736. The van der Waals surface area contributed by atoms with Gasteiger partial charge in [0, 0.05) is 57.9 Å². The lowest BCUT2D eigenvalue weighted by Gasteiger charge is -2.31. The van der Waals surface area contributed by atoms with Gasteiger partial charge in [0.1, 0.15) is 0 Å². The topological polar surface area (TPSA) is 127 Å². The van der Waals surface area contributed by atoms with Crippen molar-refractivity contribution in [3.63, 3.8) is 0 Å². The summed E-state index contributed by atoms with van der Waals surface area (Å²) in [6, 6.07) is 13.9. The van der Waals surface area contributed by atoms with Gasteiger partial charge in [-0.25, -0.2) is 14.6 Å². The highest BCUT2D eigenvalue weighted by molar-refractivity contribution is 5.76. The highest BCUT2D eigenvalue weighted by Gasteiger charge is 2.25. The van der Waals surface area contributed by atoms with Crippen LogP contribution in [0.2, 0.25) is 0 Å². The minimum Gasteiger partial charge on any atom is -0.383 e. The van der Waals surface area contributed by atoms with Crippen molar-refractivity contribution in [1.82, 2.24) is 24.3 Å². The normalized spacial score (nSPS) is 18.8. The van der Waals surface area contributed by atoms with Crippen molar-refractivity contribution in [2.24, 2.45) is 5.73 Å². The number of benzene rings is 1. The standard InChI is InChI=1S/C15H21NO2.C12H15N5O2/c1-18-11-10-16-12-14(8-5-9-15(16)17)13-6-3-2-4-7-13;13-11(18)16-6-3-8(4-7-16)17-9-2-1-5-14-10(9)15-12(17)19/h2-4,6-7,14H,5,8-12H2,1H3;1-2,5,8H,3-4,6-7H2,(H2,13,18)(H,14,15,19). The molecule has 0 aliphatic carbocycles. The molecule has 3 N–H and O–H groups in total. The number of urea groups is 1. The molecule has 0 bridgehead atoms. The maximum atomic E-state index is 12.0. The summed E-state index contributed by atoms with van der Waals surface area (Å²) >= 11 is 0. The van der Waals surface area contributed by atoms with Crippen LogP contribution in [0.3, 0.4) is 0 Å². The van der Waals surface area contributed by atoms with E-state index in [-0.39, 0.29) is 17.6 Å². The van der Waals surface area contributed by atoms with E-state index in [9.17, 15) is 14.4 Å². The van der Waals surface area contributed by atoms with Crippen LogP contribution in [0.15, 0.2) is 53.5 Å². The Morgan fingerprint density at radius 2 is 1.86 bits per heavy atom. The summed E-state index contributed by atoms with van der Waals surface area (Å²) in [7, 11) is 1.68. The molecule has 1 aromatic carbocycles. The Labute approximate surface area is 216 Å². The number of carbonyl (C=O) groups excluding carboxylic acids is 2. The Kier molecular flexibility index (Phi) is 8.95. The first kappa shape index (κ1) is 26.4. The van der Waals surface area contributed by atoms with Crippen molar-refractivity contribution in [3.05, 3.63) is 64.7 Å². The summed E-state index contributed by atoms with van der Waals surface area (Å²) in [4.78, 5) is 45.5. The Hall–Kier alpha value is -3.66. The van der Waals surface area contributed by atoms with E-state index in [0.717, 1.165) is 37.7 Å². The molecule has 2 aliphatic rings. The van der Waals surface area contributed by atoms with E-state index in [4.69, 9.17) is 10.5 Å². The minimum absolute atomic E-state index is 0.0843. The third kappa shape index (κ3) is 6.56. The zero-order valence-electron chi connectivity index (χ0n) is 21.3. The van der Waals surface area contributed by atoms with Crippen LogP contribution in [0.5, 0.6) is 0 Å². The summed E-state index contributed by atoms with van der Waals surface area (Å²) in [5, 5.41) is 0. The van der Waals surface area contributed by atoms with Gasteiger partial charge >= 0.3 is 11.7 Å². The lowest BCUT2D eigenvalue weighted by molar-refractivity contribution is -0.131. The maximum absolute atomic E-state index is 12.0. The van der Waals surface area contributed by atoms with Crippen molar-refractivity contribution >= 4 is 23.1 Å². The molecule has 2 saturated heterocycles. The fraction of sp³-hybridized carbons (Fsp3) is 0.481. The van der Waals surface area contributed by atoms with Crippen LogP contribution in [0.1, 0.15) is 49.6 Å². The number of primary amides is 1. The minimum atomic E-state index is -0.397. The average Bonchev–Trinajstić information content (AvgIpc) is 3.14. The molecule has 3 aromatic rings. The molecule has 10 heteroatoms. The zero-order valence-corrected chi connectivity index (χ0v) is 21.3. The molecule has 2 fully saturated rings. The van der Waals surface area contributed by atoms with Gasteiger partial charge in [-0.15, -0.1) is 0 Å². The predicted octanol–water partition coefficient (Wildman–Crippen LogP) is 2.87. The molecule has 1 unspecified atom stereocenters. The molecule has 0 spiro atoms. The first-order valence-corrected chi connectivity index (χ1v) is 12.9. The number of hydrogen-bond donors (Lipinski definition) is 2. The number of ether oxygens (including phenoxy) is 1. The van der Waals surface area contributed by atoms with Crippen molar-refractivity contribution < 1.29 is 14.3 Å². The predicted molar refractivity (Wildman–Crippen MR) is 141 cm³/mol. The number of amides is 3.